The lowest BCUT2D eigenvalue weighted by molar-refractivity contribution is 0.0815. The van der Waals surface area contributed by atoms with Crippen LogP contribution in [0.4, 0.5) is 11.8 Å². The third kappa shape index (κ3) is 5.62. The lowest BCUT2D eigenvalue weighted by Gasteiger charge is -2.19. The molecule has 1 fully saturated rings. The molecule has 0 bridgehead atoms. The fraction of sp³-hybridized carbons (Fsp3) is 0.462. The molecule has 0 radical (unpaired) electrons. The summed E-state index contributed by atoms with van der Waals surface area (Å²) in [7, 11) is 3.57. The van der Waals surface area contributed by atoms with Crippen LogP contribution in [-0.2, 0) is 0 Å². The molecule has 0 unspecified atom stereocenters. The molecular weight excluding hydrogens is 426 g/mol. The van der Waals surface area contributed by atoms with E-state index >= 15 is 0 Å². The number of amides is 1. The predicted molar refractivity (Wildman–Crippen MR) is 137 cm³/mol. The Labute approximate surface area is 201 Å². The van der Waals surface area contributed by atoms with Crippen LogP contribution in [0.15, 0.2) is 36.7 Å². The Kier molecular flexibility index (Phi) is 7.90. The molecular formula is C26H35N7O. The molecule has 0 atom stereocenters. The summed E-state index contributed by atoms with van der Waals surface area (Å²) < 4.78 is 2.12. The number of hydrogen-bond acceptors (Lipinski definition) is 6. The van der Waals surface area contributed by atoms with E-state index in [-0.39, 0.29) is 5.91 Å². The summed E-state index contributed by atoms with van der Waals surface area (Å²) in [6, 6.07) is 6.16. The number of carbonyl (C=O) groups excluding carboxylic acids is 1. The Balaban J connectivity index is 1.51. The zero-order valence-corrected chi connectivity index (χ0v) is 20.4. The highest BCUT2D eigenvalue weighted by Crippen LogP contribution is 2.34. The van der Waals surface area contributed by atoms with Crippen LogP contribution in [0.3, 0.4) is 0 Å². The zero-order valence-electron chi connectivity index (χ0n) is 20.4. The van der Waals surface area contributed by atoms with Crippen molar-refractivity contribution in [1.82, 2.24) is 29.7 Å². The maximum atomic E-state index is 12.9. The number of aromatic nitrogens is 4. The fourth-order valence-electron chi connectivity index (χ4n) is 4.39. The molecule has 1 saturated carbocycles. The molecule has 1 aliphatic rings. The second-order valence-corrected chi connectivity index (χ2v) is 9.05. The van der Waals surface area contributed by atoms with E-state index in [1.165, 1.54) is 12.8 Å². The highest BCUT2D eigenvalue weighted by Gasteiger charge is 2.26. The molecule has 0 aliphatic heterocycles. The molecule has 3 aromatic heterocycles. The van der Waals surface area contributed by atoms with Gasteiger partial charge in [0.25, 0.3) is 5.91 Å². The van der Waals surface area contributed by atoms with Gasteiger partial charge in [-0.2, -0.15) is 4.98 Å². The van der Waals surface area contributed by atoms with Crippen LogP contribution in [0, 0.1) is 0 Å². The van der Waals surface area contributed by atoms with Gasteiger partial charge >= 0.3 is 0 Å². The smallest absolute Gasteiger partial charge is 0.270 e. The van der Waals surface area contributed by atoms with Gasteiger partial charge in [-0.05, 0) is 62.5 Å². The van der Waals surface area contributed by atoms with Crippen molar-refractivity contribution in [3.8, 4) is 0 Å². The normalized spacial score (nSPS) is 14.3. The first-order chi connectivity index (χ1) is 16.6. The van der Waals surface area contributed by atoms with Gasteiger partial charge in [0.05, 0.1) is 0 Å². The summed E-state index contributed by atoms with van der Waals surface area (Å²) in [6.45, 7) is 4.22. The van der Waals surface area contributed by atoms with Crippen molar-refractivity contribution in [3.05, 3.63) is 47.9 Å². The van der Waals surface area contributed by atoms with Crippen molar-refractivity contribution >= 4 is 34.8 Å². The first-order valence-corrected chi connectivity index (χ1v) is 12.3. The molecule has 3 aromatic rings. The third-order valence-corrected chi connectivity index (χ3v) is 6.14. The molecule has 1 aliphatic carbocycles. The SMILES string of the molecule is CCCNCC/C=C\c1ccc(Nc2ncc3cc(C(=O)N(C)C)n(C4CCCC4)c3n2)nc1. The monoisotopic (exact) mass is 461 g/mol. The molecule has 2 N–H and O–H groups in total. The van der Waals surface area contributed by atoms with Crippen LogP contribution in [0.25, 0.3) is 17.1 Å². The minimum Gasteiger partial charge on any atom is -0.343 e. The van der Waals surface area contributed by atoms with Gasteiger partial charge in [-0.3, -0.25) is 4.79 Å². The highest BCUT2D eigenvalue weighted by molar-refractivity contribution is 5.97. The van der Waals surface area contributed by atoms with E-state index in [4.69, 9.17) is 4.98 Å². The summed E-state index contributed by atoms with van der Waals surface area (Å²) in [5.74, 6) is 1.15. The van der Waals surface area contributed by atoms with E-state index in [0.29, 0.717) is 23.5 Å². The summed E-state index contributed by atoms with van der Waals surface area (Å²) in [5, 5.41) is 7.49. The standard InChI is InChI=1S/C26H35N7O/c1-4-14-27-15-8-7-9-19-12-13-23(28-17-19)30-26-29-18-20-16-22(25(34)32(2)3)33(24(20)31-26)21-10-5-6-11-21/h7,9,12-13,16-18,21,27H,4-6,8,10-11,14-15H2,1-3H3,(H,28,29,30,31)/b9-7-. The van der Waals surface area contributed by atoms with Crippen LogP contribution in [-0.4, -0.2) is 57.5 Å². The number of hydrogen-bond donors (Lipinski definition) is 2. The van der Waals surface area contributed by atoms with E-state index in [2.05, 4.69) is 44.2 Å². The number of rotatable bonds is 10. The van der Waals surface area contributed by atoms with Crippen molar-refractivity contribution in [2.75, 3.05) is 32.5 Å². The number of nitrogens with zero attached hydrogens (tertiary/aromatic N) is 5. The van der Waals surface area contributed by atoms with Crippen molar-refractivity contribution < 1.29 is 4.79 Å². The molecule has 8 nitrogen and oxygen atoms in total. The topological polar surface area (TPSA) is 88.0 Å². The molecule has 1 amide bonds. The Hall–Kier alpha value is -3.26. The van der Waals surface area contributed by atoms with Gasteiger partial charge in [0.15, 0.2) is 0 Å². The Morgan fingerprint density at radius 1 is 1.18 bits per heavy atom. The molecule has 4 rings (SSSR count). The minimum absolute atomic E-state index is 0.00846. The average Bonchev–Trinajstić information content (AvgIpc) is 3.49. The second-order valence-electron chi connectivity index (χ2n) is 9.05. The van der Waals surface area contributed by atoms with Crippen LogP contribution in [0.5, 0.6) is 0 Å². The van der Waals surface area contributed by atoms with Gasteiger partial charge in [-0.25, -0.2) is 9.97 Å². The molecule has 180 valence electrons. The zero-order chi connectivity index (χ0) is 23.9. The third-order valence-electron chi connectivity index (χ3n) is 6.14. The summed E-state index contributed by atoms with van der Waals surface area (Å²) >= 11 is 0. The van der Waals surface area contributed by atoms with Crippen molar-refractivity contribution in [1.29, 1.82) is 0 Å². The summed E-state index contributed by atoms with van der Waals surface area (Å²) in [6.07, 6.45) is 14.5. The maximum absolute atomic E-state index is 12.9. The van der Waals surface area contributed by atoms with Gasteiger partial charge in [0, 0.05) is 37.9 Å². The average molecular weight is 462 g/mol. The van der Waals surface area contributed by atoms with Crippen molar-refractivity contribution in [3.63, 3.8) is 0 Å². The molecule has 3 heterocycles. The van der Waals surface area contributed by atoms with Crippen LogP contribution >= 0.6 is 0 Å². The van der Waals surface area contributed by atoms with E-state index in [1.54, 1.807) is 25.2 Å². The first-order valence-electron chi connectivity index (χ1n) is 12.3. The van der Waals surface area contributed by atoms with Crippen molar-refractivity contribution in [2.45, 2.75) is 51.5 Å². The summed E-state index contributed by atoms with van der Waals surface area (Å²) in [5.41, 5.74) is 2.53. The molecule has 34 heavy (non-hydrogen) atoms. The first kappa shape index (κ1) is 23.9. The van der Waals surface area contributed by atoms with E-state index < -0.39 is 0 Å². The largest absolute Gasteiger partial charge is 0.343 e. The fourth-order valence-corrected chi connectivity index (χ4v) is 4.39. The predicted octanol–water partition coefficient (Wildman–Crippen LogP) is 4.79. The van der Waals surface area contributed by atoms with E-state index in [0.717, 1.165) is 55.4 Å². The van der Waals surface area contributed by atoms with Gasteiger partial charge in [0.2, 0.25) is 5.95 Å². The molecule has 8 heteroatoms. The molecule has 0 saturated heterocycles. The molecule has 0 spiro atoms. The number of anilines is 2. The Morgan fingerprint density at radius 2 is 2.00 bits per heavy atom. The van der Waals surface area contributed by atoms with Gasteiger partial charge in [-0.15, -0.1) is 0 Å². The number of carbonyl (C=O) groups is 1. The van der Waals surface area contributed by atoms with E-state index in [1.807, 2.05) is 24.4 Å². The van der Waals surface area contributed by atoms with Crippen LogP contribution in [0.2, 0.25) is 0 Å². The maximum Gasteiger partial charge on any atom is 0.270 e. The number of fused-ring (bicyclic) bond motifs is 1. The van der Waals surface area contributed by atoms with E-state index in [9.17, 15) is 4.79 Å². The van der Waals surface area contributed by atoms with Gasteiger partial charge < -0.3 is 20.1 Å². The van der Waals surface area contributed by atoms with Crippen LogP contribution in [0.1, 0.15) is 67.5 Å². The molecule has 0 aromatic carbocycles. The highest BCUT2D eigenvalue weighted by atomic mass is 16.2. The summed E-state index contributed by atoms with van der Waals surface area (Å²) in [4.78, 5) is 28.3. The van der Waals surface area contributed by atoms with Crippen molar-refractivity contribution in [2.24, 2.45) is 0 Å². The lowest BCUT2D eigenvalue weighted by atomic mass is 10.2. The van der Waals surface area contributed by atoms with Gasteiger partial charge in [0.1, 0.15) is 17.2 Å². The quantitative estimate of drug-likeness (QED) is 0.422. The minimum atomic E-state index is -0.00846. The lowest BCUT2D eigenvalue weighted by Crippen LogP contribution is -2.25. The van der Waals surface area contributed by atoms with Crippen LogP contribution < -0.4 is 10.6 Å². The Morgan fingerprint density at radius 3 is 2.71 bits per heavy atom. The Bertz CT molecular complexity index is 1130. The van der Waals surface area contributed by atoms with Gasteiger partial charge in [-0.1, -0.05) is 31.9 Å². The number of pyridine rings is 1. The number of nitrogens with one attached hydrogen (secondary N) is 2. The second kappa shape index (κ2) is 11.2.